The minimum Gasteiger partial charge on any atom is -0.381 e. The van der Waals surface area contributed by atoms with Gasteiger partial charge in [-0.2, -0.15) is 0 Å². The van der Waals surface area contributed by atoms with Crippen molar-refractivity contribution >= 4 is 34.2 Å². The Labute approximate surface area is 121 Å². The summed E-state index contributed by atoms with van der Waals surface area (Å²) >= 11 is 12.3. The Morgan fingerprint density at radius 3 is 3.05 bits per heavy atom. The molecule has 3 rings (SSSR count). The first-order chi connectivity index (χ1) is 9.22. The predicted molar refractivity (Wildman–Crippen MR) is 75.7 cm³/mol. The van der Waals surface area contributed by atoms with E-state index >= 15 is 0 Å². The first kappa shape index (κ1) is 13.2. The number of imidazole rings is 1. The van der Waals surface area contributed by atoms with Crippen molar-refractivity contribution in [1.82, 2.24) is 14.5 Å². The molecular weight excluding hydrogens is 285 g/mol. The number of nitrogens with zero attached hydrogens (tertiary/aromatic N) is 3. The minimum atomic E-state index is 0.326. The van der Waals surface area contributed by atoms with Crippen LogP contribution in [0, 0.1) is 5.92 Å². The lowest BCUT2D eigenvalue weighted by molar-refractivity contribution is 0.0292. The van der Waals surface area contributed by atoms with Gasteiger partial charge in [-0.3, -0.25) is 4.98 Å². The van der Waals surface area contributed by atoms with E-state index in [1.54, 1.807) is 12.4 Å². The van der Waals surface area contributed by atoms with E-state index in [0.717, 1.165) is 36.5 Å². The van der Waals surface area contributed by atoms with E-state index in [-0.39, 0.29) is 0 Å². The summed E-state index contributed by atoms with van der Waals surface area (Å²) in [5, 5.41) is 0.625. The van der Waals surface area contributed by atoms with Crippen molar-refractivity contribution in [2.75, 3.05) is 13.2 Å². The van der Waals surface area contributed by atoms with Crippen LogP contribution in [0.3, 0.4) is 0 Å². The smallest absolute Gasteiger partial charge is 0.125 e. The van der Waals surface area contributed by atoms with E-state index in [4.69, 9.17) is 27.9 Å². The van der Waals surface area contributed by atoms with Gasteiger partial charge in [0, 0.05) is 24.8 Å². The number of ether oxygens (including phenoxy) is 1. The lowest BCUT2D eigenvalue weighted by atomic mass is 9.97. The van der Waals surface area contributed by atoms with Gasteiger partial charge >= 0.3 is 0 Å². The zero-order valence-corrected chi connectivity index (χ0v) is 12.2. The second-order valence-corrected chi connectivity index (χ2v) is 5.60. The Bertz CT molecular complexity index is 599. The number of hydrogen-bond donors (Lipinski definition) is 0. The second kappa shape index (κ2) is 5.27. The largest absolute Gasteiger partial charge is 0.381 e. The average Bonchev–Trinajstić information content (AvgIpc) is 2.79. The van der Waals surface area contributed by atoms with Crippen LogP contribution in [0.2, 0.25) is 5.02 Å². The van der Waals surface area contributed by atoms with Gasteiger partial charge in [0.25, 0.3) is 0 Å². The van der Waals surface area contributed by atoms with Gasteiger partial charge in [0.05, 0.1) is 29.2 Å². The van der Waals surface area contributed by atoms with Crippen molar-refractivity contribution in [1.29, 1.82) is 0 Å². The molecule has 4 nitrogen and oxygen atoms in total. The molecule has 102 valence electrons. The molecule has 3 heterocycles. The number of pyridine rings is 1. The maximum Gasteiger partial charge on any atom is 0.125 e. The van der Waals surface area contributed by atoms with Gasteiger partial charge in [-0.05, 0) is 6.42 Å². The highest BCUT2D eigenvalue weighted by atomic mass is 35.5. The molecule has 1 fully saturated rings. The Morgan fingerprint density at radius 1 is 1.47 bits per heavy atom. The molecule has 0 aromatic carbocycles. The lowest BCUT2D eigenvalue weighted by Gasteiger charge is -2.31. The fraction of sp³-hybridized carbons (Fsp3) is 0.538. The third kappa shape index (κ3) is 2.22. The molecule has 2 aromatic rings. The van der Waals surface area contributed by atoms with Crippen molar-refractivity contribution in [2.24, 2.45) is 5.92 Å². The van der Waals surface area contributed by atoms with Crippen LogP contribution in [0.15, 0.2) is 12.4 Å². The predicted octanol–water partition coefficient (Wildman–Crippen LogP) is 3.42. The van der Waals surface area contributed by atoms with E-state index in [0.29, 0.717) is 22.9 Å². The van der Waals surface area contributed by atoms with Crippen LogP contribution in [0.4, 0.5) is 0 Å². The van der Waals surface area contributed by atoms with Crippen molar-refractivity contribution < 1.29 is 4.74 Å². The fourth-order valence-corrected chi connectivity index (χ4v) is 3.20. The molecule has 19 heavy (non-hydrogen) atoms. The highest BCUT2D eigenvalue weighted by Crippen LogP contribution is 2.34. The highest BCUT2D eigenvalue weighted by Gasteiger charge is 2.28. The van der Waals surface area contributed by atoms with Gasteiger partial charge in [-0.15, -0.1) is 11.6 Å². The molecule has 1 aliphatic heterocycles. The number of alkyl halides is 1. The van der Waals surface area contributed by atoms with E-state index in [2.05, 4.69) is 21.5 Å². The Hall–Kier alpha value is -0.840. The summed E-state index contributed by atoms with van der Waals surface area (Å²) in [5.41, 5.74) is 1.74. The molecule has 2 atom stereocenters. The molecule has 1 aliphatic rings. The van der Waals surface area contributed by atoms with Crippen molar-refractivity contribution in [2.45, 2.75) is 25.3 Å². The summed E-state index contributed by atoms with van der Waals surface area (Å²) in [6, 6.07) is 0.326. The number of halogens is 2. The second-order valence-electron chi connectivity index (χ2n) is 4.93. The van der Waals surface area contributed by atoms with Gasteiger partial charge in [-0.1, -0.05) is 18.5 Å². The molecule has 0 amide bonds. The molecule has 0 bridgehead atoms. The summed E-state index contributed by atoms with van der Waals surface area (Å²) < 4.78 is 7.69. The van der Waals surface area contributed by atoms with Crippen molar-refractivity contribution in [3.05, 3.63) is 23.2 Å². The molecule has 2 unspecified atom stereocenters. The maximum absolute atomic E-state index is 6.30. The molecule has 0 saturated carbocycles. The van der Waals surface area contributed by atoms with Gasteiger partial charge < -0.3 is 9.30 Å². The van der Waals surface area contributed by atoms with E-state index in [1.165, 1.54) is 0 Å². The van der Waals surface area contributed by atoms with E-state index in [1.807, 2.05) is 0 Å². The average molecular weight is 300 g/mol. The monoisotopic (exact) mass is 299 g/mol. The van der Waals surface area contributed by atoms with Crippen LogP contribution >= 0.6 is 23.2 Å². The quantitative estimate of drug-likeness (QED) is 0.798. The highest BCUT2D eigenvalue weighted by molar-refractivity contribution is 6.34. The Kier molecular flexibility index (Phi) is 3.65. The van der Waals surface area contributed by atoms with Crippen LogP contribution in [0.1, 0.15) is 25.2 Å². The van der Waals surface area contributed by atoms with Crippen molar-refractivity contribution in [3.8, 4) is 0 Å². The number of hydrogen-bond acceptors (Lipinski definition) is 3. The number of rotatable bonds is 2. The molecule has 0 N–H and O–H groups in total. The van der Waals surface area contributed by atoms with Crippen LogP contribution < -0.4 is 0 Å². The molecule has 6 heteroatoms. The van der Waals surface area contributed by atoms with Gasteiger partial charge in [-0.25, -0.2) is 4.98 Å². The zero-order chi connectivity index (χ0) is 13.4. The zero-order valence-electron chi connectivity index (χ0n) is 10.6. The standard InChI is InChI=1S/C13H15Cl2N3O/c1-8-7-19-3-2-11(8)18-12(4-14)17-10-6-16-5-9(15)13(10)18/h5-6,8,11H,2-4,7H2,1H3. The summed E-state index contributed by atoms with van der Waals surface area (Å²) in [4.78, 5) is 8.63. The van der Waals surface area contributed by atoms with E-state index < -0.39 is 0 Å². The summed E-state index contributed by atoms with van der Waals surface area (Å²) in [7, 11) is 0. The van der Waals surface area contributed by atoms with E-state index in [9.17, 15) is 0 Å². The normalized spacial score (nSPS) is 23.9. The van der Waals surface area contributed by atoms with Gasteiger partial charge in [0.2, 0.25) is 0 Å². The number of fused-ring (bicyclic) bond motifs is 1. The summed E-state index contributed by atoms with van der Waals surface area (Å²) in [6.45, 7) is 3.71. The Balaban J connectivity index is 2.20. The third-order valence-corrected chi connectivity index (χ3v) is 4.18. The molecule has 1 saturated heterocycles. The van der Waals surface area contributed by atoms with Crippen LogP contribution in [0.25, 0.3) is 11.0 Å². The maximum atomic E-state index is 6.30. The molecule has 0 aliphatic carbocycles. The lowest BCUT2D eigenvalue weighted by Crippen LogP contribution is -2.28. The Morgan fingerprint density at radius 2 is 2.32 bits per heavy atom. The van der Waals surface area contributed by atoms with Crippen molar-refractivity contribution in [3.63, 3.8) is 0 Å². The van der Waals surface area contributed by atoms with Gasteiger partial charge in [0.15, 0.2) is 0 Å². The first-order valence-electron chi connectivity index (χ1n) is 6.36. The number of aromatic nitrogens is 3. The van der Waals surface area contributed by atoms with Crippen LogP contribution in [-0.4, -0.2) is 27.7 Å². The van der Waals surface area contributed by atoms with Gasteiger partial charge in [0.1, 0.15) is 11.3 Å². The SMILES string of the molecule is CC1COCCC1n1c(CCl)nc2cncc(Cl)c21. The summed E-state index contributed by atoms with van der Waals surface area (Å²) in [5.74, 6) is 1.64. The molecule has 0 radical (unpaired) electrons. The molecular formula is C13H15Cl2N3O. The van der Waals surface area contributed by atoms with Crippen LogP contribution in [0.5, 0.6) is 0 Å². The topological polar surface area (TPSA) is 39.9 Å². The third-order valence-electron chi connectivity index (χ3n) is 3.67. The first-order valence-corrected chi connectivity index (χ1v) is 7.27. The fourth-order valence-electron chi connectivity index (χ4n) is 2.76. The minimum absolute atomic E-state index is 0.326. The molecule has 2 aromatic heterocycles. The summed E-state index contributed by atoms with van der Waals surface area (Å²) in [6.07, 6.45) is 4.34. The van der Waals surface area contributed by atoms with Crippen LogP contribution in [-0.2, 0) is 10.6 Å². The molecule has 0 spiro atoms.